The van der Waals surface area contributed by atoms with E-state index >= 15 is 0 Å². The summed E-state index contributed by atoms with van der Waals surface area (Å²) in [6, 6.07) is 0. The Morgan fingerprint density at radius 1 is 1.25 bits per heavy atom. The van der Waals surface area contributed by atoms with Gasteiger partial charge in [0.1, 0.15) is 9.88 Å². The summed E-state index contributed by atoms with van der Waals surface area (Å²) in [5.41, 5.74) is 11.8. The quantitative estimate of drug-likeness (QED) is 0.700. The molecule has 0 aliphatic carbocycles. The summed E-state index contributed by atoms with van der Waals surface area (Å²) in [5, 5.41) is 3.29. The van der Waals surface area contributed by atoms with E-state index in [1.165, 1.54) is 18.4 Å². The maximum Gasteiger partial charge on any atom is 0.260 e. The molecule has 20 heavy (non-hydrogen) atoms. The molecule has 1 aromatic rings. The van der Waals surface area contributed by atoms with E-state index in [0.29, 0.717) is 5.56 Å². The highest BCUT2D eigenvalue weighted by atomic mass is 32.1. The van der Waals surface area contributed by atoms with Gasteiger partial charge in [0.2, 0.25) is 0 Å². The van der Waals surface area contributed by atoms with Gasteiger partial charge in [-0.1, -0.05) is 0 Å². The molecule has 0 spiro atoms. The Morgan fingerprint density at radius 2 is 1.85 bits per heavy atom. The first-order valence-corrected chi connectivity index (χ1v) is 7.15. The number of likely N-dealkylation sites (N-methyl/N-ethyl adjacent to an activating group) is 1. The molecule has 1 saturated heterocycles. The van der Waals surface area contributed by atoms with Crippen molar-refractivity contribution in [1.29, 1.82) is 0 Å². The predicted molar refractivity (Wildman–Crippen MR) is 80.3 cm³/mol. The van der Waals surface area contributed by atoms with Crippen LogP contribution in [0.4, 0.5) is 10.7 Å². The first-order chi connectivity index (χ1) is 9.45. The van der Waals surface area contributed by atoms with Gasteiger partial charge in [0, 0.05) is 33.2 Å². The van der Waals surface area contributed by atoms with E-state index < -0.39 is 5.91 Å². The van der Waals surface area contributed by atoms with E-state index in [1.807, 2.05) is 0 Å². The zero-order valence-corrected chi connectivity index (χ0v) is 12.4. The standard InChI is InChI=1S/C12H19N5O2S/c1-15-11(19)7-8(13)9(10(14)18)20-12(7)17-5-3-16(2)4-6-17/h3-6,13H2,1-2H3,(H2,14,18)(H,15,19). The lowest BCUT2D eigenvalue weighted by molar-refractivity contribution is 0.0964. The van der Waals surface area contributed by atoms with Crippen molar-refractivity contribution in [3.63, 3.8) is 0 Å². The minimum Gasteiger partial charge on any atom is -0.397 e. The maximum absolute atomic E-state index is 12.0. The first kappa shape index (κ1) is 14.6. The molecule has 2 rings (SSSR count). The summed E-state index contributed by atoms with van der Waals surface area (Å²) >= 11 is 1.19. The van der Waals surface area contributed by atoms with Crippen LogP contribution in [0.1, 0.15) is 20.0 Å². The van der Waals surface area contributed by atoms with Crippen molar-refractivity contribution in [3.05, 3.63) is 10.4 Å². The number of carbonyl (C=O) groups excluding carboxylic acids is 2. The van der Waals surface area contributed by atoms with Gasteiger partial charge in [-0.25, -0.2) is 0 Å². The molecule has 0 aromatic carbocycles. The number of primary amides is 1. The summed E-state index contributed by atoms with van der Waals surface area (Å²) in [6.07, 6.45) is 0. The molecule has 7 nitrogen and oxygen atoms in total. The third-order valence-corrected chi connectivity index (χ3v) is 4.68. The molecule has 1 fully saturated rings. The molecule has 0 atom stereocenters. The minimum atomic E-state index is -0.599. The summed E-state index contributed by atoms with van der Waals surface area (Å²) < 4.78 is 0. The fourth-order valence-electron chi connectivity index (χ4n) is 2.19. The van der Waals surface area contributed by atoms with Crippen LogP contribution in [0, 0.1) is 0 Å². The Labute approximate surface area is 121 Å². The maximum atomic E-state index is 12.0. The van der Waals surface area contributed by atoms with E-state index in [-0.39, 0.29) is 16.5 Å². The first-order valence-electron chi connectivity index (χ1n) is 6.33. The number of nitrogens with one attached hydrogen (secondary N) is 1. The van der Waals surface area contributed by atoms with E-state index in [2.05, 4.69) is 22.2 Å². The van der Waals surface area contributed by atoms with Gasteiger partial charge < -0.3 is 26.6 Å². The van der Waals surface area contributed by atoms with Crippen LogP contribution in [-0.2, 0) is 0 Å². The zero-order chi connectivity index (χ0) is 14.9. The monoisotopic (exact) mass is 297 g/mol. The lowest BCUT2D eigenvalue weighted by Gasteiger charge is -2.33. The van der Waals surface area contributed by atoms with Crippen LogP contribution in [0.25, 0.3) is 0 Å². The Hall–Kier alpha value is -1.80. The lowest BCUT2D eigenvalue weighted by Crippen LogP contribution is -2.44. The topological polar surface area (TPSA) is 105 Å². The molecule has 0 bridgehead atoms. The highest BCUT2D eigenvalue weighted by Crippen LogP contribution is 2.38. The molecule has 0 unspecified atom stereocenters. The highest BCUT2D eigenvalue weighted by molar-refractivity contribution is 7.19. The molecule has 2 heterocycles. The highest BCUT2D eigenvalue weighted by Gasteiger charge is 2.28. The van der Waals surface area contributed by atoms with Crippen molar-refractivity contribution >= 4 is 33.8 Å². The normalized spacial score (nSPS) is 16.2. The molecule has 5 N–H and O–H groups in total. The van der Waals surface area contributed by atoms with Crippen LogP contribution < -0.4 is 21.7 Å². The van der Waals surface area contributed by atoms with Gasteiger partial charge in [-0.05, 0) is 7.05 Å². The van der Waals surface area contributed by atoms with Crippen molar-refractivity contribution in [1.82, 2.24) is 10.2 Å². The number of rotatable bonds is 3. The Morgan fingerprint density at radius 3 is 2.35 bits per heavy atom. The SMILES string of the molecule is CNC(=O)c1c(N2CCN(C)CC2)sc(C(N)=O)c1N. The molecular formula is C12H19N5O2S. The van der Waals surface area contributed by atoms with Gasteiger partial charge in [-0.2, -0.15) is 0 Å². The number of nitrogen functional groups attached to an aromatic ring is 1. The van der Waals surface area contributed by atoms with Crippen LogP contribution >= 0.6 is 11.3 Å². The fourth-order valence-corrected chi connectivity index (χ4v) is 3.31. The second-order valence-electron chi connectivity index (χ2n) is 4.76. The van der Waals surface area contributed by atoms with Gasteiger partial charge in [0.25, 0.3) is 11.8 Å². The molecule has 110 valence electrons. The number of thiophene rings is 1. The predicted octanol–water partition coefficient (Wildman–Crippen LogP) is -0.459. The van der Waals surface area contributed by atoms with E-state index in [0.717, 1.165) is 31.2 Å². The van der Waals surface area contributed by atoms with E-state index in [1.54, 1.807) is 0 Å². The Balaban J connectivity index is 2.43. The number of hydrogen-bond acceptors (Lipinski definition) is 6. The van der Waals surface area contributed by atoms with E-state index in [4.69, 9.17) is 11.5 Å². The average Bonchev–Trinajstić information content (AvgIpc) is 2.76. The zero-order valence-electron chi connectivity index (χ0n) is 11.6. The second kappa shape index (κ2) is 5.68. The van der Waals surface area contributed by atoms with Crippen molar-refractivity contribution < 1.29 is 9.59 Å². The van der Waals surface area contributed by atoms with Gasteiger partial charge in [0.15, 0.2) is 0 Å². The summed E-state index contributed by atoms with van der Waals surface area (Å²) in [7, 11) is 3.59. The molecule has 1 aromatic heterocycles. The molecule has 8 heteroatoms. The van der Waals surface area contributed by atoms with Gasteiger partial charge in [-0.3, -0.25) is 9.59 Å². The van der Waals surface area contributed by atoms with Crippen molar-refractivity contribution in [2.75, 3.05) is 50.9 Å². The second-order valence-corrected chi connectivity index (χ2v) is 5.76. The Bertz CT molecular complexity index is 534. The molecule has 0 radical (unpaired) electrons. The third kappa shape index (κ3) is 2.56. The van der Waals surface area contributed by atoms with Gasteiger partial charge in [0.05, 0.1) is 11.3 Å². The molecule has 1 aliphatic rings. The fraction of sp³-hybridized carbons (Fsp3) is 0.500. The third-order valence-electron chi connectivity index (χ3n) is 3.39. The van der Waals surface area contributed by atoms with Gasteiger partial charge in [-0.15, -0.1) is 11.3 Å². The number of piperazine rings is 1. The minimum absolute atomic E-state index is 0.177. The summed E-state index contributed by atoms with van der Waals surface area (Å²) in [4.78, 5) is 28.0. The van der Waals surface area contributed by atoms with Gasteiger partial charge >= 0.3 is 0 Å². The Kier molecular flexibility index (Phi) is 4.15. The van der Waals surface area contributed by atoms with Crippen molar-refractivity contribution in [2.45, 2.75) is 0 Å². The van der Waals surface area contributed by atoms with Crippen molar-refractivity contribution in [3.8, 4) is 0 Å². The number of carbonyl (C=O) groups is 2. The van der Waals surface area contributed by atoms with Crippen LogP contribution in [-0.4, -0.2) is 57.0 Å². The number of amides is 2. The van der Waals surface area contributed by atoms with Crippen LogP contribution in [0.2, 0.25) is 0 Å². The van der Waals surface area contributed by atoms with Crippen LogP contribution in [0.5, 0.6) is 0 Å². The number of nitrogens with zero attached hydrogens (tertiary/aromatic N) is 2. The van der Waals surface area contributed by atoms with E-state index in [9.17, 15) is 9.59 Å². The number of nitrogens with two attached hydrogens (primary N) is 2. The summed E-state index contributed by atoms with van der Waals surface area (Å²) in [5.74, 6) is -0.891. The molecule has 1 aliphatic heterocycles. The average molecular weight is 297 g/mol. The number of hydrogen-bond donors (Lipinski definition) is 3. The molecule has 0 saturated carbocycles. The largest absolute Gasteiger partial charge is 0.397 e. The smallest absolute Gasteiger partial charge is 0.260 e. The number of anilines is 2. The van der Waals surface area contributed by atoms with Crippen LogP contribution in [0.3, 0.4) is 0 Å². The molecular weight excluding hydrogens is 278 g/mol. The lowest BCUT2D eigenvalue weighted by atomic mass is 10.2. The van der Waals surface area contributed by atoms with Crippen molar-refractivity contribution in [2.24, 2.45) is 5.73 Å². The summed E-state index contributed by atoms with van der Waals surface area (Å²) in [6.45, 7) is 3.38. The molecule has 2 amide bonds. The van der Waals surface area contributed by atoms with Crippen LogP contribution in [0.15, 0.2) is 0 Å².